The van der Waals surface area contributed by atoms with Crippen molar-refractivity contribution < 1.29 is 19.1 Å². The van der Waals surface area contributed by atoms with Crippen LogP contribution in [0.25, 0.3) is 50.4 Å². The molecule has 0 spiro atoms. The number of ether oxygens (including phenoxy) is 1. The molecule has 0 fully saturated rings. The van der Waals surface area contributed by atoms with Gasteiger partial charge < -0.3 is 30.2 Å². The summed E-state index contributed by atoms with van der Waals surface area (Å²) in [6.45, 7) is 0. The van der Waals surface area contributed by atoms with Gasteiger partial charge in [0.05, 0.1) is 82.1 Å². The normalized spacial score (nSPS) is 11.0. The van der Waals surface area contributed by atoms with Crippen LogP contribution >= 0.6 is 0 Å². The fourth-order valence-corrected chi connectivity index (χ4v) is 7.08. The van der Waals surface area contributed by atoms with Gasteiger partial charge >= 0.3 is 17.4 Å². The van der Waals surface area contributed by atoms with Crippen LogP contribution in [0.4, 0.5) is 17.1 Å². The number of fused-ring (bicyclic) bond motifs is 9. The lowest BCUT2D eigenvalue weighted by Crippen LogP contribution is -2.21. The van der Waals surface area contributed by atoms with Crippen LogP contribution < -0.4 is 32.1 Å². The second kappa shape index (κ2) is 18.9. The first-order chi connectivity index (χ1) is 34.6. The molecule has 4 N–H and O–H groups in total. The van der Waals surface area contributed by atoms with Crippen molar-refractivity contribution >= 4 is 85.2 Å². The van der Waals surface area contributed by atoms with Crippen LogP contribution in [0, 0.1) is 0 Å². The molecule has 0 aliphatic carbocycles. The molecule has 3 amide bonds. The predicted octanol–water partition coefficient (Wildman–Crippen LogP) is 4.38. The van der Waals surface area contributed by atoms with Crippen molar-refractivity contribution in [2.24, 2.45) is 7.05 Å². The Hall–Kier alpha value is -10.7. The first-order valence-electron chi connectivity index (χ1n) is 21.2. The van der Waals surface area contributed by atoms with Crippen LogP contribution in [0.3, 0.4) is 0 Å². The highest BCUT2D eigenvalue weighted by Gasteiger charge is 2.15. The zero-order valence-electron chi connectivity index (χ0n) is 37.1. The van der Waals surface area contributed by atoms with E-state index in [9.17, 15) is 24.0 Å². The molecule has 0 saturated heterocycles. The summed E-state index contributed by atoms with van der Waals surface area (Å²) in [7, 11) is 3.03. The topological polar surface area (TPSA) is 294 Å². The van der Waals surface area contributed by atoms with Gasteiger partial charge in [-0.2, -0.15) is 9.97 Å². The van der Waals surface area contributed by atoms with Gasteiger partial charge in [-0.1, -0.05) is 36.4 Å². The van der Waals surface area contributed by atoms with Crippen LogP contribution in [0.15, 0.2) is 156 Å². The summed E-state index contributed by atoms with van der Waals surface area (Å²) in [5.41, 5.74) is 6.32. The maximum Gasteiger partial charge on any atom is 0.347 e. The minimum absolute atomic E-state index is 0.221. The quantitative estimate of drug-likeness (QED) is 0.172. The van der Waals surface area contributed by atoms with Gasteiger partial charge in [0.15, 0.2) is 0 Å². The van der Waals surface area contributed by atoms with Gasteiger partial charge in [-0.05, 0) is 54.6 Å². The van der Waals surface area contributed by atoms with E-state index in [1.807, 2.05) is 86.0 Å². The molecule has 24 heteroatoms. The molecule has 0 aliphatic heterocycles. The number of hydrogen-bond acceptors (Lipinski definition) is 16. The number of nitrogens with one attached hydrogen (secondary N) is 4. The Balaban J connectivity index is 0.000000123. The standard InChI is InChI=1S/2C16H12N6O2.C15H10N6O2/c1-21-9-10(8-17-16(21)24)18-14(23)12-6-7-22-13-5-3-2-4-11(13)19-15(22)20-12;1-24-16-17-8-10(9-18-16)19-14(23)12-6-7-22-13-5-3-2-4-11(13)20-15(22)21-12;22-13(18-9-7-16-15(23)17-8-9)11-5-6-21-12-4-2-1-3-10(12)19-14(21)20-11/h2-9H,1H3,(H,18,23);2-9H,1H3,(H,19,23);1-8H,(H,18,22)(H,16,17,23). The molecule has 0 aliphatic rings. The van der Waals surface area contributed by atoms with Gasteiger partial charge in [0.1, 0.15) is 17.1 Å². The summed E-state index contributed by atoms with van der Waals surface area (Å²) in [5.74, 6) is 0.187. The summed E-state index contributed by atoms with van der Waals surface area (Å²) in [6.07, 6.45) is 13.7. The van der Waals surface area contributed by atoms with Crippen molar-refractivity contribution in [2.45, 2.75) is 0 Å². The Morgan fingerprint density at radius 2 is 0.915 bits per heavy atom. The van der Waals surface area contributed by atoms with Crippen molar-refractivity contribution in [1.82, 2.24) is 72.6 Å². The van der Waals surface area contributed by atoms with Crippen molar-refractivity contribution in [2.75, 3.05) is 23.1 Å². The number of benzene rings is 3. The summed E-state index contributed by atoms with van der Waals surface area (Å²) < 4.78 is 11.6. The Bertz CT molecular complexity index is 4110. The summed E-state index contributed by atoms with van der Waals surface area (Å²) in [6, 6.07) is 28.1. The fraction of sp³-hybridized carbons (Fsp3) is 0.0426. The van der Waals surface area contributed by atoms with E-state index in [1.165, 1.54) is 48.9 Å². The molecule has 9 aromatic heterocycles. The number of aryl methyl sites for hydroxylation is 1. The summed E-state index contributed by atoms with van der Waals surface area (Å²) in [5, 5.41) is 7.97. The number of H-pyrrole nitrogens is 1. The van der Waals surface area contributed by atoms with E-state index in [1.54, 1.807) is 43.8 Å². The van der Waals surface area contributed by atoms with Crippen molar-refractivity contribution in [3.05, 3.63) is 185 Å². The van der Waals surface area contributed by atoms with E-state index in [0.717, 1.165) is 33.1 Å². The number of nitrogens with zero attached hydrogens (tertiary/aromatic N) is 14. The van der Waals surface area contributed by atoms with Crippen LogP contribution in [-0.4, -0.2) is 97.4 Å². The SMILES string of the molecule is COc1ncc(NC(=O)c2ccn3c(n2)nc2ccccc23)cn1.Cn1cc(NC(=O)c2ccn3c(n2)nc2ccccc23)cnc1=O.O=C(Nc1cnc(=O)[nH]c1)c1ccn2c(n1)nc1ccccc12. The smallest absolute Gasteiger partial charge is 0.347 e. The number of para-hydroxylation sites is 6. The van der Waals surface area contributed by atoms with E-state index >= 15 is 0 Å². The second-order valence-electron chi connectivity index (χ2n) is 15.1. The average molecular weight is 947 g/mol. The largest absolute Gasteiger partial charge is 0.467 e. The molecule has 0 atom stereocenters. The van der Waals surface area contributed by atoms with Gasteiger partial charge in [0.2, 0.25) is 17.3 Å². The van der Waals surface area contributed by atoms with Crippen molar-refractivity contribution in [3.8, 4) is 6.01 Å². The molecule has 3 aromatic carbocycles. The molecule has 12 aromatic rings. The van der Waals surface area contributed by atoms with Gasteiger partial charge in [0, 0.05) is 38.0 Å². The molecule has 24 nitrogen and oxygen atoms in total. The number of aromatic nitrogens is 15. The second-order valence-corrected chi connectivity index (χ2v) is 15.1. The summed E-state index contributed by atoms with van der Waals surface area (Å²) >= 11 is 0. The number of methoxy groups -OCH3 is 1. The zero-order valence-corrected chi connectivity index (χ0v) is 37.1. The maximum atomic E-state index is 12.3. The Labute approximate surface area is 396 Å². The van der Waals surface area contributed by atoms with E-state index < -0.39 is 23.2 Å². The molecular weight excluding hydrogens is 913 g/mol. The highest BCUT2D eigenvalue weighted by atomic mass is 16.5. The number of carbonyl (C=O) groups is 3. The molecule has 0 unspecified atom stereocenters. The minimum Gasteiger partial charge on any atom is -0.467 e. The van der Waals surface area contributed by atoms with Gasteiger partial charge in [-0.3, -0.25) is 27.6 Å². The number of aromatic amines is 1. The number of rotatable bonds is 7. The number of amides is 3. The zero-order chi connectivity index (χ0) is 49.0. The molecule has 12 rings (SSSR count). The summed E-state index contributed by atoms with van der Waals surface area (Å²) in [4.78, 5) is 103. The molecule has 9 heterocycles. The van der Waals surface area contributed by atoms with Crippen LogP contribution in [-0.2, 0) is 7.05 Å². The average Bonchev–Trinajstić information content (AvgIpc) is 4.09. The number of carbonyl (C=O) groups excluding carboxylic acids is 3. The van der Waals surface area contributed by atoms with Gasteiger partial charge in [0.25, 0.3) is 17.7 Å². The molecule has 0 bridgehead atoms. The number of hydrogen-bond donors (Lipinski definition) is 4. The molecular formula is C47H34N18O6. The van der Waals surface area contributed by atoms with Crippen molar-refractivity contribution in [1.29, 1.82) is 0 Å². The van der Waals surface area contributed by atoms with Gasteiger partial charge in [-0.15, -0.1) is 0 Å². The monoisotopic (exact) mass is 946 g/mol. The molecule has 0 saturated carbocycles. The van der Waals surface area contributed by atoms with Crippen LogP contribution in [0.1, 0.15) is 31.5 Å². The van der Waals surface area contributed by atoms with E-state index in [2.05, 4.69) is 70.8 Å². The Morgan fingerprint density at radius 1 is 0.507 bits per heavy atom. The third-order valence-corrected chi connectivity index (χ3v) is 10.4. The number of imidazole rings is 3. The first kappa shape index (κ1) is 44.2. The lowest BCUT2D eigenvalue weighted by Gasteiger charge is -2.05. The van der Waals surface area contributed by atoms with Gasteiger partial charge in [-0.25, -0.2) is 49.5 Å². The molecule has 348 valence electrons. The minimum atomic E-state index is -0.480. The van der Waals surface area contributed by atoms with E-state index in [0.29, 0.717) is 34.4 Å². The fourth-order valence-electron chi connectivity index (χ4n) is 7.08. The highest BCUT2D eigenvalue weighted by Crippen LogP contribution is 2.19. The first-order valence-corrected chi connectivity index (χ1v) is 21.2. The molecule has 0 radical (unpaired) electrons. The lowest BCUT2D eigenvalue weighted by atomic mass is 10.3. The Morgan fingerprint density at radius 3 is 1.34 bits per heavy atom. The number of anilines is 3. The van der Waals surface area contributed by atoms with E-state index in [-0.39, 0.29) is 29.0 Å². The Kier molecular flexibility index (Phi) is 11.8. The third-order valence-electron chi connectivity index (χ3n) is 10.4. The maximum absolute atomic E-state index is 12.3. The lowest BCUT2D eigenvalue weighted by molar-refractivity contribution is 0.101. The van der Waals surface area contributed by atoms with Crippen LogP contribution in [0.2, 0.25) is 0 Å². The van der Waals surface area contributed by atoms with E-state index in [4.69, 9.17) is 4.74 Å². The third kappa shape index (κ3) is 9.37. The predicted molar refractivity (Wildman–Crippen MR) is 258 cm³/mol. The molecule has 71 heavy (non-hydrogen) atoms. The van der Waals surface area contributed by atoms with Crippen molar-refractivity contribution in [3.63, 3.8) is 0 Å². The van der Waals surface area contributed by atoms with Crippen LogP contribution in [0.5, 0.6) is 6.01 Å². The highest BCUT2D eigenvalue weighted by molar-refractivity contribution is 6.04.